The van der Waals surface area contributed by atoms with Crippen molar-refractivity contribution in [3.05, 3.63) is 72.4 Å². The predicted octanol–water partition coefficient (Wildman–Crippen LogP) is 4.76. The number of fused-ring (bicyclic) bond motifs is 2. The lowest BCUT2D eigenvalue weighted by Crippen LogP contribution is -2.24. The number of likely N-dealkylation sites (tertiary alicyclic amines) is 1. The van der Waals surface area contributed by atoms with Crippen molar-refractivity contribution in [2.45, 2.75) is 24.5 Å². The average molecular weight is 496 g/mol. The Kier molecular flexibility index (Phi) is 5.40. The van der Waals surface area contributed by atoms with Gasteiger partial charge in [-0.05, 0) is 65.8 Å². The molecule has 2 aliphatic heterocycles. The molecule has 8 heteroatoms. The van der Waals surface area contributed by atoms with Crippen LogP contribution in [0.1, 0.15) is 30.2 Å². The minimum atomic E-state index is 0.212. The van der Waals surface area contributed by atoms with Gasteiger partial charge in [0.05, 0.1) is 35.0 Å². The lowest BCUT2D eigenvalue weighted by atomic mass is 9.99. The summed E-state index contributed by atoms with van der Waals surface area (Å²) < 4.78 is 0. The number of nitrogens with two attached hydrogens (primary N) is 1. The molecular weight excluding hydrogens is 465 g/mol. The molecule has 0 bridgehead atoms. The normalized spacial score (nSPS) is 23.4. The maximum Gasteiger partial charge on any atom is 0.124 e. The molecule has 5 N–H and O–H groups in total. The lowest BCUT2D eigenvalue weighted by molar-refractivity contribution is 0.306. The van der Waals surface area contributed by atoms with Crippen LogP contribution in [0.2, 0.25) is 0 Å². The van der Waals surface area contributed by atoms with E-state index in [1.807, 2.05) is 6.20 Å². The highest BCUT2D eigenvalue weighted by atomic mass is 31.1. The van der Waals surface area contributed by atoms with Crippen LogP contribution >= 0.6 is 8.58 Å². The third kappa shape index (κ3) is 3.93. The maximum atomic E-state index is 6.15. The number of benzene rings is 3. The lowest BCUT2D eigenvalue weighted by Gasteiger charge is -2.16. The Bertz CT molecular complexity index is 1570. The average Bonchev–Trinajstić information content (AvgIpc) is 3.69. The third-order valence-corrected chi connectivity index (χ3v) is 8.78. The van der Waals surface area contributed by atoms with Crippen LogP contribution in [0.4, 0.5) is 0 Å². The van der Waals surface area contributed by atoms with Crippen LogP contribution in [0.25, 0.3) is 44.2 Å². The Labute approximate surface area is 211 Å². The van der Waals surface area contributed by atoms with Crippen molar-refractivity contribution in [2.75, 3.05) is 26.0 Å². The van der Waals surface area contributed by atoms with Crippen LogP contribution in [0.5, 0.6) is 0 Å². The van der Waals surface area contributed by atoms with Crippen LogP contribution in [-0.2, 0) is 0 Å². The van der Waals surface area contributed by atoms with Gasteiger partial charge in [-0.1, -0.05) is 30.3 Å². The summed E-state index contributed by atoms with van der Waals surface area (Å²) >= 11 is 0. The zero-order valence-electron chi connectivity index (χ0n) is 20.3. The molecule has 7 nitrogen and oxygen atoms in total. The van der Waals surface area contributed by atoms with Crippen LogP contribution in [0.3, 0.4) is 0 Å². The van der Waals surface area contributed by atoms with E-state index in [1.54, 1.807) is 0 Å². The van der Waals surface area contributed by atoms with E-state index in [9.17, 15) is 0 Å². The number of rotatable bonds is 4. The van der Waals surface area contributed by atoms with Gasteiger partial charge in [0.25, 0.3) is 0 Å². The van der Waals surface area contributed by atoms with Gasteiger partial charge >= 0.3 is 0 Å². The highest BCUT2D eigenvalue weighted by Gasteiger charge is 2.30. The second-order valence-corrected chi connectivity index (χ2v) is 11.4. The molecule has 1 unspecified atom stereocenters. The van der Waals surface area contributed by atoms with Gasteiger partial charge in [0, 0.05) is 24.4 Å². The zero-order valence-corrected chi connectivity index (χ0v) is 21.3. The molecule has 0 aliphatic carbocycles. The molecule has 4 atom stereocenters. The molecule has 3 aromatic carbocycles. The van der Waals surface area contributed by atoms with Crippen molar-refractivity contribution in [1.82, 2.24) is 30.2 Å². The summed E-state index contributed by atoms with van der Waals surface area (Å²) in [6.07, 6.45) is 5.15. The summed E-state index contributed by atoms with van der Waals surface area (Å²) in [5.74, 6) is 2.06. The van der Waals surface area contributed by atoms with Crippen molar-refractivity contribution in [3.8, 4) is 22.4 Å². The number of hydrogen-bond acceptors (Lipinski definition) is 5. The summed E-state index contributed by atoms with van der Waals surface area (Å²) in [7, 11) is 3.09. The number of nitrogens with one attached hydrogen (secondary N) is 3. The van der Waals surface area contributed by atoms with E-state index in [0.717, 1.165) is 61.8 Å². The third-order valence-electron chi connectivity index (χ3n) is 7.63. The van der Waals surface area contributed by atoms with Gasteiger partial charge in [-0.3, -0.25) is 4.90 Å². The number of nitrogens with zero attached hydrogens (tertiary/aromatic N) is 3. The van der Waals surface area contributed by atoms with E-state index >= 15 is 0 Å². The first-order valence-corrected chi connectivity index (χ1v) is 14.0. The minimum absolute atomic E-state index is 0.212. The Morgan fingerprint density at radius 2 is 1.72 bits per heavy atom. The Hall–Kier alpha value is -3.09. The zero-order chi connectivity index (χ0) is 24.2. The Morgan fingerprint density at radius 1 is 0.944 bits per heavy atom. The topological polar surface area (TPSA) is 98.6 Å². The van der Waals surface area contributed by atoms with Crippen molar-refractivity contribution < 1.29 is 0 Å². The quantitative estimate of drug-likeness (QED) is 0.270. The number of H-pyrrole nitrogens is 2. The highest BCUT2D eigenvalue weighted by molar-refractivity contribution is 7.38. The first-order valence-electron chi connectivity index (χ1n) is 12.6. The molecule has 0 spiro atoms. The standard InChI is InChI=1S/C28H30N7P/c1-35-13-21(29)11-26(35)28-30-12-24(34-28)20-5-4-16-8-17(2-3-18(16)9-20)19-6-7-22-23(10-19)33-27(32-22)25-14-36-15-31-25/h2-10,12,21,25-26,31,36H,11,13-15,29H2,1H3,(H,30,34)(H,32,33)/t21-,25+,26+/m1/s1. The van der Waals surface area contributed by atoms with Gasteiger partial charge in [-0.25, -0.2) is 9.97 Å². The monoisotopic (exact) mass is 495 g/mol. The van der Waals surface area contributed by atoms with Gasteiger partial charge in [0.2, 0.25) is 0 Å². The van der Waals surface area contributed by atoms with Crippen LogP contribution in [0, 0.1) is 0 Å². The molecule has 2 aromatic heterocycles. The van der Waals surface area contributed by atoms with Crippen molar-refractivity contribution in [2.24, 2.45) is 5.73 Å². The highest BCUT2D eigenvalue weighted by Crippen LogP contribution is 2.33. The van der Waals surface area contributed by atoms with Gasteiger partial charge in [-0.15, -0.1) is 8.58 Å². The molecule has 7 rings (SSSR count). The fourth-order valence-electron chi connectivity index (χ4n) is 5.66. The molecule has 0 saturated carbocycles. The SMILES string of the molecule is CN1C[C@H](N)C[C@H]1c1ncc(-c2ccc3cc(-c4ccc5nc([C@@H]6CPCN6)[nH]c5c4)ccc3c2)[nH]1. The summed E-state index contributed by atoms with van der Waals surface area (Å²) in [5.41, 5.74) is 12.9. The van der Waals surface area contributed by atoms with Gasteiger partial charge in [0.15, 0.2) is 0 Å². The van der Waals surface area contributed by atoms with E-state index in [1.165, 1.54) is 28.1 Å². The predicted molar refractivity (Wildman–Crippen MR) is 149 cm³/mol. The second kappa shape index (κ2) is 8.79. The van der Waals surface area contributed by atoms with Crippen LogP contribution in [-0.4, -0.2) is 56.9 Å². The number of hydrogen-bond donors (Lipinski definition) is 4. The fourth-order valence-corrected chi connectivity index (χ4v) is 6.82. The molecule has 2 aliphatic rings. The number of imidazole rings is 2. The molecule has 182 valence electrons. The van der Waals surface area contributed by atoms with E-state index in [0.29, 0.717) is 6.04 Å². The molecule has 0 radical (unpaired) electrons. The van der Waals surface area contributed by atoms with E-state index in [4.69, 9.17) is 10.7 Å². The second-order valence-electron chi connectivity index (χ2n) is 10.2. The summed E-state index contributed by atoms with van der Waals surface area (Å²) in [6, 6.07) is 20.6. The maximum absolute atomic E-state index is 6.15. The molecular formula is C28H30N7P. The molecule has 5 aromatic rings. The molecule has 4 heterocycles. The summed E-state index contributed by atoms with van der Waals surface area (Å²) in [5, 5.41) is 5.98. The van der Waals surface area contributed by atoms with Crippen molar-refractivity contribution in [3.63, 3.8) is 0 Å². The van der Waals surface area contributed by atoms with E-state index in [-0.39, 0.29) is 12.1 Å². The number of likely N-dealkylation sites (N-methyl/N-ethyl adjacent to an activating group) is 1. The van der Waals surface area contributed by atoms with E-state index < -0.39 is 0 Å². The van der Waals surface area contributed by atoms with Gasteiger partial charge < -0.3 is 21.0 Å². The fraction of sp³-hybridized carbons (Fsp3) is 0.286. The van der Waals surface area contributed by atoms with Crippen LogP contribution in [0.15, 0.2) is 60.8 Å². The Balaban J connectivity index is 1.16. The van der Waals surface area contributed by atoms with Gasteiger partial charge in [-0.2, -0.15) is 0 Å². The first kappa shape index (κ1) is 22.1. The van der Waals surface area contributed by atoms with Crippen molar-refractivity contribution in [1.29, 1.82) is 0 Å². The van der Waals surface area contributed by atoms with Crippen molar-refractivity contribution >= 4 is 30.4 Å². The number of aromatic amines is 2. The number of aromatic nitrogens is 4. The molecule has 2 saturated heterocycles. The minimum Gasteiger partial charge on any atom is -0.341 e. The molecule has 36 heavy (non-hydrogen) atoms. The van der Waals surface area contributed by atoms with E-state index in [2.05, 4.69) is 86.8 Å². The van der Waals surface area contributed by atoms with Crippen LogP contribution < -0.4 is 11.1 Å². The molecule has 2 fully saturated rings. The van der Waals surface area contributed by atoms with Gasteiger partial charge in [0.1, 0.15) is 11.6 Å². The summed E-state index contributed by atoms with van der Waals surface area (Å²) in [6.45, 7) is 0.908. The first-order chi connectivity index (χ1) is 17.6. The summed E-state index contributed by atoms with van der Waals surface area (Å²) in [4.78, 5) is 18.9. The smallest absolute Gasteiger partial charge is 0.124 e. The molecule has 0 amide bonds. The Morgan fingerprint density at radius 3 is 2.50 bits per heavy atom. The largest absolute Gasteiger partial charge is 0.341 e.